The molecule has 0 aliphatic carbocycles. The zero-order valence-electron chi connectivity index (χ0n) is 17.7. The molecule has 0 radical (unpaired) electrons. The first-order chi connectivity index (χ1) is 16.2. The van der Waals surface area contributed by atoms with Crippen molar-refractivity contribution in [2.24, 2.45) is 0 Å². The predicted molar refractivity (Wildman–Crippen MR) is 125 cm³/mol. The number of amides is 1. The number of aromatic nitrogens is 4. The number of pyridine rings is 1. The normalized spacial score (nSPS) is 11.4. The highest BCUT2D eigenvalue weighted by molar-refractivity contribution is 7.99. The summed E-state index contributed by atoms with van der Waals surface area (Å²) < 4.78 is 41.1. The summed E-state index contributed by atoms with van der Waals surface area (Å²) in [6.45, 7) is 1.95. The number of aryl methyl sites for hydroxylation is 1. The maximum absolute atomic E-state index is 13.1. The van der Waals surface area contributed by atoms with Gasteiger partial charge in [-0.25, -0.2) is 0 Å². The van der Waals surface area contributed by atoms with Crippen molar-refractivity contribution >= 4 is 35.0 Å². The zero-order chi connectivity index (χ0) is 24.3. The number of thioether (sulfide) groups is 1. The molecule has 2 aromatic heterocycles. The molecule has 6 nitrogen and oxygen atoms in total. The molecule has 0 fully saturated rings. The van der Waals surface area contributed by atoms with Crippen LogP contribution >= 0.6 is 23.4 Å². The first-order valence-corrected chi connectivity index (χ1v) is 11.3. The van der Waals surface area contributed by atoms with E-state index < -0.39 is 22.7 Å². The largest absolute Gasteiger partial charge is 0.417 e. The molecule has 0 unspecified atom stereocenters. The number of alkyl halides is 3. The molecule has 2 heterocycles. The fraction of sp³-hybridized carbons (Fsp3) is 0.130. The summed E-state index contributed by atoms with van der Waals surface area (Å²) in [7, 11) is 0. The van der Waals surface area contributed by atoms with Gasteiger partial charge in [-0.2, -0.15) is 13.2 Å². The van der Waals surface area contributed by atoms with Crippen LogP contribution in [0.2, 0.25) is 5.02 Å². The van der Waals surface area contributed by atoms with Crippen LogP contribution in [0.5, 0.6) is 0 Å². The lowest BCUT2D eigenvalue weighted by Crippen LogP contribution is -2.15. The minimum absolute atomic E-state index is 0.00116. The summed E-state index contributed by atoms with van der Waals surface area (Å²) in [4.78, 5) is 16.6. The number of benzene rings is 2. The number of nitrogens with zero attached hydrogens (tertiary/aromatic N) is 4. The summed E-state index contributed by atoms with van der Waals surface area (Å²) in [6.07, 6.45) is -1.31. The Morgan fingerprint density at radius 3 is 2.62 bits per heavy atom. The van der Waals surface area contributed by atoms with Crippen LogP contribution in [0, 0.1) is 6.92 Å². The standard InChI is InChI=1S/C23H17ClF3N5OS/c1-14-5-2-3-7-19(14)32-21(15-6-4-10-28-12-15)30-31-22(32)34-13-20(33)29-16-8-9-18(24)17(11-16)23(25,26)27/h2-12H,13H2,1H3,(H,29,33). The molecule has 1 amide bonds. The molecule has 0 spiro atoms. The molecule has 0 saturated heterocycles. The second kappa shape index (κ2) is 9.86. The van der Waals surface area contributed by atoms with E-state index in [2.05, 4.69) is 20.5 Å². The summed E-state index contributed by atoms with van der Waals surface area (Å²) in [5.41, 5.74) is 1.54. The van der Waals surface area contributed by atoms with Crippen molar-refractivity contribution in [3.05, 3.63) is 83.1 Å². The highest BCUT2D eigenvalue weighted by atomic mass is 35.5. The highest BCUT2D eigenvalue weighted by Gasteiger charge is 2.33. The Balaban J connectivity index is 1.58. The van der Waals surface area contributed by atoms with E-state index in [1.54, 1.807) is 18.5 Å². The minimum atomic E-state index is -4.63. The average Bonchev–Trinajstić information content (AvgIpc) is 3.23. The number of para-hydroxylation sites is 1. The molecule has 2 aromatic carbocycles. The van der Waals surface area contributed by atoms with E-state index in [-0.39, 0.29) is 11.4 Å². The Morgan fingerprint density at radius 2 is 1.91 bits per heavy atom. The molecule has 1 N–H and O–H groups in total. The first kappa shape index (κ1) is 23.8. The van der Waals surface area contributed by atoms with Crippen LogP contribution in [0.3, 0.4) is 0 Å². The first-order valence-electron chi connectivity index (χ1n) is 9.95. The molecule has 34 heavy (non-hydrogen) atoms. The van der Waals surface area contributed by atoms with Gasteiger partial charge in [-0.05, 0) is 48.9 Å². The fourth-order valence-electron chi connectivity index (χ4n) is 3.22. The Bertz CT molecular complexity index is 1330. The second-order valence-corrected chi connectivity index (χ2v) is 8.55. The number of hydrogen-bond acceptors (Lipinski definition) is 5. The van der Waals surface area contributed by atoms with Crippen LogP contribution in [0.25, 0.3) is 17.1 Å². The molecule has 4 aromatic rings. The quantitative estimate of drug-likeness (QED) is 0.325. The number of halogens is 4. The third-order valence-electron chi connectivity index (χ3n) is 4.80. The van der Waals surface area contributed by atoms with Gasteiger partial charge in [0.2, 0.25) is 5.91 Å². The van der Waals surface area contributed by atoms with Gasteiger partial charge in [-0.3, -0.25) is 14.3 Å². The number of carbonyl (C=O) groups excluding carboxylic acids is 1. The molecule has 0 saturated carbocycles. The molecule has 0 aliphatic rings. The van der Waals surface area contributed by atoms with Crippen molar-refractivity contribution in [2.75, 3.05) is 11.1 Å². The molecule has 0 aliphatic heterocycles. The molecule has 4 rings (SSSR count). The van der Waals surface area contributed by atoms with E-state index in [0.29, 0.717) is 11.0 Å². The number of anilines is 1. The van der Waals surface area contributed by atoms with Gasteiger partial charge in [0.05, 0.1) is 22.0 Å². The summed E-state index contributed by atoms with van der Waals surface area (Å²) in [5, 5.41) is 11.0. The van der Waals surface area contributed by atoms with Crippen LogP contribution in [-0.2, 0) is 11.0 Å². The Labute approximate surface area is 202 Å². The van der Waals surface area contributed by atoms with Crippen molar-refractivity contribution in [3.8, 4) is 17.1 Å². The van der Waals surface area contributed by atoms with Crippen molar-refractivity contribution in [3.63, 3.8) is 0 Å². The molecule has 11 heteroatoms. The van der Waals surface area contributed by atoms with Crippen LogP contribution in [-0.4, -0.2) is 31.4 Å². The van der Waals surface area contributed by atoms with Gasteiger partial charge in [-0.15, -0.1) is 10.2 Å². The Hall–Kier alpha value is -3.37. The number of rotatable bonds is 6. The van der Waals surface area contributed by atoms with Crippen molar-refractivity contribution < 1.29 is 18.0 Å². The molecular weight excluding hydrogens is 487 g/mol. The number of carbonyl (C=O) groups is 1. The van der Waals surface area contributed by atoms with Crippen molar-refractivity contribution in [1.82, 2.24) is 19.7 Å². The van der Waals surface area contributed by atoms with E-state index in [1.807, 2.05) is 41.8 Å². The topological polar surface area (TPSA) is 72.7 Å². The van der Waals surface area contributed by atoms with Crippen LogP contribution < -0.4 is 5.32 Å². The Kier molecular flexibility index (Phi) is 6.90. The zero-order valence-corrected chi connectivity index (χ0v) is 19.2. The van der Waals surface area contributed by atoms with Crippen LogP contribution in [0.15, 0.2) is 72.1 Å². The van der Waals surface area contributed by atoms with E-state index in [4.69, 9.17) is 11.6 Å². The molecule has 174 valence electrons. The average molecular weight is 504 g/mol. The van der Waals surface area contributed by atoms with Gasteiger partial charge in [0, 0.05) is 23.6 Å². The highest BCUT2D eigenvalue weighted by Crippen LogP contribution is 2.36. The summed E-state index contributed by atoms with van der Waals surface area (Å²) in [6, 6.07) is 14.5. The summed E-state index contributed by atoms with van der Waals surface area (Å²) in [5.74, 6) is -0.0401. The predicted octanol–water partition coefficient (Wildman–Crippen LogP) is 6.04. The van der Waals surface area contributed by atoms with E-state index >= 15 is 0 Å². The SMILES string of the molecule is Cc1ccccc1-n1c(SCC(=O)Nc2ccc(Cl)c(C(F)(F)F)c2)nnc1-c1cccnc1. The van der Waals surface area contributed by atoms with Crippen molar-refractivity contribution in [2.45, 2.75) is 18.3 Å². The monoisotopic (exact) mass is 503 g/mol. The number of hydrogen-bond donors (Lipinski definition) is 1. The summed E-state index contributed by atoms with van der Waals surface area (Å²) >= 11 is 6.76. The Morgan fingerprint density at radius 1 is 1.12 bits per heavy atom. The maximum atomic E-state index is 13.1. The van der Waals surface area contributed by atoms with Gasteiger partial charge in [0.1, 0.15) is 0 Å². The third kappa shape index (κ3) is 5.23. The van der Waals surface area contributed by atoms with Gasteiger partial charge >= 0.3 is 6.18 Å². The lowest BCUT2D eigenvalue weighted by molar-refractivity contribution is -0.137. The van der Waals surface area contributed by atoms with Gasteiger partial charge < -0.3 is 5.32 Å². The lowest BCUT2D eigenvalue weighted by Gasteiger charge is -2.13. The van der Waals surface area contributed by atoms with Gasteiger partial charge in [0.25, 0.3) is 0 Å². The fourth-order valence-corrected chi connectivity index (χ4v) is 4.19. The smallest absolute Gasteiger partial charge is 0.325 e. The van der Waals surface area contributed by atoms with E-state index in [9.17, 15) is 18.0 Å². The van der Waals surface area contributed by atoms with Crippen LogP contribution in [0.4, 0.5) is 18.9 Å². The van der Waals surface area contributed by atoms with E-state index in [1.165, 1.54) is 6.07 Å². The van der Waals surface area contributed by atoms with Crippen molar-refractivity contribution in [1.29, 1.82) is 0 Å². The lowest BCUT2D eigenvalue weighted by atomic mass is 10.2. The second-order valence-electron chi connectivity index (χ2n) is 7.20. The van der Waals surface area contributed by atoms with Gasteiger partial charge in [-0.1, -0.05) is 41.6 Å². The van der Waals surface area contributed by atoms with E-state index in [0.717, 1.165) is 40.7 Å². The van der Waals surface area contributed by atoms with Crippen LogP contribution in [0.1, 0.15) is 11.1 Å². The third-order valence-corrected chi connectivity index (χ3v) is 6.06. The maximum Gasteiger partial charge on any atom is 0.417 e. The number of nitrogens with one attached hydrogen (secondary N) is 1. The van der Waals surface area contributed by atoms with Gasteiger partial charge in [0.15, 0.2) is 11.0 Å². The molecule has 0 bridgehead atoms. The minimum Gasteiger partial charge on any atom is -0.325 e. The molecular formula is C23H17ClF3N5OS. The molecule has 0 atom stereocenters.